The van der Waals surface area contributed by atoms with Gasteiger partial charge in [0.05, 0.1) is 19.8 Å². The molecule has 0 saturated carbocycles. The third-order valence-corrected chi connectivity index (χ3v) is 9.42. The largest absolute Gasteiger partial charge is 0.472 e. The van der Waals surface area contributed by atoms with Crippen molar-refractivity contribution < 1.29 is 47.8 Å². The number of esters is 2. The Labute approximate surface area is 322 Å². The number of phosphoric acid groups is 1. The number of unbranched alkanes of at least 4 members (excludes halogenated alkanes) is 16. The van der Waals surface area contributed by atoms with Crippen LogP contribution in [0.3, 0.4) is 0 Å². The smallest absolute Gasteiger partial charge is 0.462 e. The van der Waals surface area contributed by atoms with Crippen molar-refractivity contribution in [2.24, 2.45) is 0 Å². The molecule has 0 radical (unpaired) electrons. The van der Waals surface area contributed by atoms with Crippen LogP contribution in [0.5, 0.6) is 0 Å². The van der Waals surface area contributed by atoms with Crippen molar-refractivity contribution in [2.75, 3.05) is 26.4 Å². The summed E-state index contributed by atoms with van der Waals surface area (Å²) in [6, 6.07) is 0. The highest BCUT2D eigenvalue weighted by molar-refractivity contribution is 7.47. The number of hydrogen-bond acceptors (Lipinski definition) is 9. The van der Waals surface area contributed by atoms with Gasteiger partial charge in [-0.15, -0.1) is 0 Å². The summed E-state index contributed by atoms with van der Waals surface area (Å²) in [5, 5.41) is 18.3. The molecule has 0 saturated heterocycles. The molecule has 0 aliphatic rings. The van der Waals surface area contributed by atoms with Gasteiger partial charge in [0, 0.05) is 12.8 Å². The van der Waals surface area contributed by atoms with Crippen LogP contribution in [-0.4, -0.2) is 65.7 Å². The number of aliphatic hydroxyl groups is 2. The van der Waals surface area contributed by atoms with Gasteiger partial charge in [0.1, 0.15) is 12.7 Å². The van der Waals surface area contributed by atoms with E-state index in [1.807, 2.05) is 0 Å². The molecule has 3 N–H and O–H groups in total. The minimum Gasteiger partial charge on any atom is -0.462 e. The number of allylic oxidation sites excluding steroid dienone is 8. The molecule has 53 heavy (non-hydrogen) atoms. The molecule has 0 aliphatic heterocycles. The molecule has 0 aliphatic carbocycles. The Balaban J connectivity index is 4.37. The van der Waals surface area contributed by atoms with Crippen LogP contribution < -0.4 is 0 Å². The Morgan fingerprint density at radius 1 is 0.585 bits per heavy atom. The summed E-state index contributed by atoms with van der Waals surface area (Å²) in [5.74, 6) is -0.957. The molecule has 3 atom stereocenters. The first-order valence-electron chi connectivity index (χ1n) is 20.6. The molecule has 3 unspecified atom stereocenters. The van der Waals surface area contributed by atoms with Crippen molar-refractivity contribution in [1.82, 2.24) is 0 Å². The van der Waals surface area contributed by atoms with Crippen molar-refractivity contribution >= 4 is 19.8 Å². The molecule has 0 aromatic heterocycles. The highest BCUT2D eigenvalue weighted by atomic mass is 31.2. The van der Waals surface area contributed by atoms with E-state index in [9.17, 15) is 24.2 Å². The van der Waals surface area contributed by atoms with E-state index in [0.717, 1.165) is 89.9 Å². The van der Waals surface area contributed by atoms with Crippen LogP contribution in [0.4, 0.5) is 0 Å². The van der Waals surface area contributed by atoms with Crippen LogP contribution in [0.2, 0.25) is 0 Å². The van der Waals surface area contributed by atoms with E-state index < -0.39 is 51.8 Å². The lowest BCUT2D eigenvalue weighted by Gasteiger charge is -2.20. The second-order valence-electron chi connectivity index (χ2n) is 13.6. The first-order chi connectivity index (χ1) is 25.7. The number of carbonyl (C=O) groups is 2. The fourth-order valence-corrected chi connectivity index (χ4v) is 6.08. The van der Waals surface area contributed by atoms with Gasteiger partial charge < -0.3 is 24.6 Å². The predicted molar refractivity (Wildman–Crippen MR) is 214 cm³/mol. The number of carbonyl (C=O) groups excluding carboxylic acids is 2. The number of hydrogen-bond donors (Lipinski definition) is 3. The molecule has 0 aromatic rings. The van der Waals surface area contributed by atoms with Crippen molar-refractivity contribution in [2.45, 2.75) is 180 Å². The van der Waals surface area contributed by atoms with Crippen LogP contribution in [0.15, 0.2) is 48.6 Å². The molecular formula is C42H75O10P. The summed E-state index contributed by atoms with van der Waals surface area (Å²) >= 11 is 0. The number of ether oxygens (including phenoxy) is 2. The van der Waals surface area contributed by atoms with Crippen LogP contribution in [-0.2, 0) is 32.7 Å². The van der Waals surface area contributed by atoms with Gasteiger partial charge in [0.15, 0.2) is 6.10 Å². The zero-order valence-corrected chi connectivity index (χ0v) is 34.1. The monoisotopic (exact) mass is 771 g/mol. The molecule has 11 heteroatoms. The van der Waals surface area contributed by atoms with Gasteiger partial charge in [-0.05, 0) is 70.6 Å². The lowest BCUT2D eigenvalue weighted by Crippen LogP contribution is -2.29. The molecule has 0 heterocycles. The Bertz CT molecular complexity index is 1030. The Hall–Kier alpha value is -2.07. The van der Waals surface area contributed by atoms with Gasteiger partial charge >= 0.3 is 19.8 Å². The average molecular weight is 771 g/mol. The maximum absolute atomic E-state index is 12.6. The lowest BCUT2D eigenvalue weighted by atomic mass is 10.1. The van der Waals surface area contributed by atoms with E-state index >= 15 is 0 Å². The van der Waals surface area contributed by atoms with E-state index in [2.05, 4.69) is 67.0 Å². The highest BCUT2D eigenvalue weighted by Crippen LogP contribution is 2.43. The molecule has 0 spiro atoms. The van der Waals surface area contributed by atoms with Crippen LogP contribution >= 0.6 is 7.82 Å². The van der Waals surface area contributed by atoms with Crippen LogP contribution in [0, 0.1) is 0 Å². The van der Waals surface area contributed by atoms with Gasteiger partial charge in [-0.25, -0.2) is 4.57 Å². The number of phosphoric ester groups is 1. The third kappa shape index (κ3) is 38.0. The second kappa shape index (κ2) is 38.2. The van der Waals surface area contributed by atoms with Crippen molar-refractivity contribution in [1.29, 1.82) is 0 Å². The van der Waals surface area contributed by atoms with Crippen LogP contribution in [0.25, 0.3) is 0 Å². The summed E-state index contributed by atoms with van der Waals surface area (Å²) in [7, 11) is -4.62. The maximum atomic E-state index is 12.6. The summed E-state index contributed by atoms with van der Waals surface area (Å²) in [6.45, 7) is 2.22. The molecule has 0 aromatic carbocycles. The first-order valence-corrected chi connectivity index (χ1v) is 22.1. The minimum atomic E-state index is -4.62. The summed E-state index contributed by atoms with van der Waals surface area (Å²) in [5.41, 5.74) is 0. The minimum absolute atomic E-state index is 0.162. The van der Waals surface area contributed by atoms with Gasteiger partial charge in [0.25, 0.3) is 0 Å². The van der Waals surface area contributed by atoms with Crippen molar-refractivity contribution in [3.05, 3.63) is 48.6 Å². The SMILES string of the molecule is CC/C=C\C/C=C\C/C=C\CCCCCCCC(=O)OC(COC(=O)CCCCCCC/C=C\CCCCCCCC)COP(=O)(O)OCC(O)CO. The first kappa shape index (κ1) is 50.9. The van der Waals surface area contributed by atoms with E-state index in [-0.39, 0.29) is 19.4 Å². The molecule has 0 rings (SSSR count). The fourth-order valence-electron chi connectivity index (χ4n) is 5.30. The third-order valence-electron chi connectivity index (χ3n) is 8.47. The summed E-state index contributed by atoms with van der Waals surface area (Å²) < 4.78 is 32.6. The highest BCUT2D eigenvalue weighted by Gasteiger charge is 2.27. The number of aliphatic hydroxyl groups excluding tert-OH is 2. The Morgan fingerprint density at radius 3 is 1.58 bits per heavy atom. The summed E-state index contributed by atoms with van der Waals surface area (Å²) in [6.07, 6.45) is 39.3. The van der Waals surface area contributed by atoms with E-state index in [1.165, 1.54) is 38.5 Å². The van der Waals surface area contributed by atoms with Gasteiger partial charge in [-0.1, -0.05) is 133 Å². The Morgan fingerprint density at radius 2 is 1.04 bits per heavy atom. The molecule has 0 amide bonds. The quantitative estimate of drug-likeness (QED) is 0.0240. The predicted octanol–water partition coefficient (Wildman–Crippen LogP) is 10.6. The summed E-state index contributed by atoms with van der Waals surface area (Å²) in [4.78, 5) is 34.9. The molecule has 308 valence electrons. The topological polar surface area (TPSA) is 149 Å². The van der Waals surface area contributed by atoms with Gasteiger partial charge in [-0.2, -0.15) is 0 Å². The van der Waals surface area contributed by atoms with Gasteiger partial charge in [-0.3, -0.25) is 18.6 Å². The van der Waals surface area contributed by atoms with Gasteiger partial charge in [0.2, 0.25) is 0 Å². The second-order valence-corrected chi connectivity index (χ2v) is 15.1. The molecule has 0 bridgehead atoms. The van der Waals surface area contributed by atoms with E-state index in [4.69, 9.17) is 19.1 Å². The van der Waals surface area contributed by atoms with Crippen molar-refractivity contribution in [3.8, 4) is 0 Å². The zero-order chi connectivity index (χ0) is 39.1. The fraction of sp³-hybridized carbons (Fsp3) is 0.762. The number of rotatable bonds is 38. The molecule has 10 nitrogen and oxygen atoms in total. The maximum Gasteiger partial charge on any atom is 0.472 e. The van der Waals surface area contributed by atoms with E-state index in [0.29, 0.717) is 12.8 Å². The molecular weight excluding hydrogens is 695 g/mol. The Kier molecular flexibility index (Phi) is 36.7. The van der Waals surface area contributed by atoms with E-state index in [1.54, 1.807) is 0 Å². The standard InChI is InChI=1S/C42H75O10P/c1-3-5-7-9-11-13-15-17-19-21-23-25-27-29-31-33-41(45)49-37-40(38-51-53(47,48)50-36-39(44)35-43)52-42(46)34-32-30-28-26-24-22-20-18-16-14-12-10-8-6-4-2/h6,8,12,14,17-20,39-40,43-44H,3-5,7,9-11,13,15-16,21-38H2,1-2H3,(H,47,48)/b8-6-,14-12-,19-17-,20-18-. The normalized spacial score (nSPS) is 14.4. The molecule has 0 fully saturated rings. The van der Waals surface area contributed by atoms with Crippen LogP contribution in [0.1, 0.15) is 168 Å². The average Bonchev–Trinajstić information content (AvgIpc) is 3.14. The lowest BCUT2D eigenvalue weighted by molar-refractivity contribution is -0.161. The van der Waals surface area contributed by atoms with Crippen molar-refractivity contribution in [3.63, 3.8) is 0 Å². The zero-order valence-electron chi connectivity index (χ0n) is 33.2.